The zero-order valence-corrected chi connectivity index (χ0v) is 15.3. The molecule has 2 heterocycles. The Hall–Kier alpha value is -2.21. The third kappa shape index (κ3) is 4.91. The number of nitrogens with one attached hydrogen (secondary N) is 1. The Labute approximate surface area is 154 Å². The van der Waals surface area contributed by atoms with E-state index in [2.05, 4.69) is 15.1 Å². The highest BCUT2D eigenvalue weighted by atomic mass is 19.1. The van der Waals surface area contributed by atoms with Gasteiger partial charge >= 0.3 is 0 Å². The maximum absolute atomic E-state index is 13.9. The van der Waals surface area contributed by atoms with Crippen molar-refractivity contribution in [2.45, 2.75) is 44.7 Å². The predicted octanol–water partition coefficient (Wildman–Crippen LogP) is 2.99. The van der Waals surface area contributed by atoms with Crippen LogP contribution in [0.2, 0.25) is 0 Å². The minimum Gasteiger partial charge on any atom is -0.341 e. The van der Waals surface area contributed by atoms with Crippen molar-refractivity contribution >= 4 is 5.91 Å². The van der Waals surface area contributed by atoms with Crippen LogP contribution < -0.4 is 0 Å². The number of nitrogens with zero attached hydrogens (tertiary/aromatic N) is 3. The SMILES string of the molecule is CN(C(=O)CCCc1cn[nH]c1)[C@H]1CCCN(Cc2ccccc2F)C1. The van der Waals surface area contributed by atoms with Crippen molar-refractivity contribution in [3.63, 3.8) is 0 Å². The molecule has 0 spiro atoms. The summed E-state index contributed by atoms with van der Waals surface area (Å²) < 4.78 is 13.9. The van der Waals surface area contributed by atoms with E-state index in [1.54, 1.807) is 12.3 Å². The summed E-state index contributed by atoms with van der Waals surface area (Å²) in [4.78, 5) is 16.7. The zero-order valence-electron chi connectivity index (χ0n) is 15.3. The molecule has 26 heavy (non-hydrogen) atoms. The van der Waals surface area contributed by atoms with Gasteiger partial charge in [-0.3, -0.25) is 14.8 Å². The summed E-state index contributed by atoms with van der Waals surface area (Å²) in [5.41, 5.74) is 1.86. The molecule has 1 aromatic carbocycles. The average Bonchev–Trinajstić information content (AvgIpc) is 3.16. The third-order valence-corrected chi connectivity index (χ3v) is 5.18. The lowest BCUT2D eigenvalue weighted by Crippen LogP contribution is -2.48. The molecular weight excluding hydrogens is 331 g/mol. The van der Waals surface area contributed by atoms with Gasteiger partial charge in [0, 0.05) is 44.4 Å². The second-order valence-corrected chi connectivity index (χ2v) is 7.09. The molecule has 6 heteroatoms. The summed E-state index contributed by atoms with van der Waals surface area (Å²) >= 11 is 0. The molecule has 3 rings (SSSR count). The highest BCUT2D eigenvalue weighted by Gasteiger charge is 2.26. The number of benzene rings is 1. The third-order valence-electron chi connectivity index (χ3n) is 5.18. The van der Waals surface area contributed by atoms with Crippen molar-refractivity contribution < 1.29 is 9.18 Å². The van der Waals surface area contributed by atoms with Crippen molar-refractivity contribution in [2.24, 2.45) is 0 Å². The van der Waals surface area contributed by atoms with Gasteiger partial charge in [0.15, 0.2) is 0 Å². The summed E-state index contributed by atoms with van der Waals surface area (Å²) in [5, 5.41) is 6.72. The van der Waals surface area contributed by atoms with Crippen LogP contribution in [0, 0.1) is 5.82 Å². The van der Waals surface area contributed by atoms with Crippen LogP contribution in [-0.2, 0) is 17.8 Å². The summed E-state index contributed by atoms with van der Waals surface area (Å²) in [5.74, 6) is 0.0320. The van der Waals surface area contributed by atoms with E-state index in [1.165, 1.54) is 6.07 Å². The minimum absolute atomic E-state index is 0.154. The molecule has 140 valence electrons. The lowest BCUT2D eigenvalue weighted by molar-refractivity contribution is -0.133. The predicted molar refractivity (Wildman–Crippen MR) is 99.0 cm³/mol. The van der Waals surface area contributed by atoms with E-state index in [0.717, 1.165) is 49.9 Å². The normalized spacial score (nSPS) is 18.0. The monoisotopic (exact) mass is 358 g/mol. The molecule has 1 saturated heterocycles. The second-order valence-electron chi connectivity index (χ2n) is 7.09. The maximum atomic E-state index is 13.9. The quantitative estimate of drug-likeness (QED) is 0.828. The van der Waals surface area contributed by atoms with Crippen molar-refractivity contribution in [3.05, 3.63) is 53.6 Å². The molecule has 1 aromatic heterocycles. The number of rotatable bonds is 7. The van der Waals surface area contributed by atoms with E-state index in [9.17, 15) is 9.18 Å². The summed E-state index contributed by atoms with van der Waals surface area (Å²) in [6, 6.07) is 7.14. The molecule has 1 fully saturated rings. The Morgan fingerprint density at radius 3 is 3.04 bits per heavy atom. The Morgan fingerprint density at radius 2 is 2.27 bits per heavy atom. The minimum atomic E-state index is -0.154. The Kier molecular flexibility index (Phi) is 6.39. The number of carbonyl (C=O) groups is 1. The molecular formula is C20H27FN4O. The standard InChI is InChI=1S/C20H27FN4O/c1-24(20(26)10-4-6-16-12-22-23-13-16)18-8-5-11-25(15-18)14-17-7-2-3-9-19(17)21/h2-3,7,9,12-13,18H,4-6,8,10-11,14-15H2,1H3,(H,22,23)/t18-/m0/s1. The number of halogens is 1. The van der Waals surface area contributed by atoms with Gasteiger partial charge in [-0.25, -0.2) is 4.39 Å². The molecule has 1 atom stereocenters. The number of aromatic nitrogens is 2. The van der Waals surface area contributed by atoms with Gasteiger partial charge in [-0.1, -0.05) is 18.2 Å². The molecule has 0 saturated carbocycles. The Morgan fingerprint density at radius 1 is 1.42 bits per heavy atom. The van der Waals surface area contributed by atoms with Gasteiger partial charge < -0.3 is 4.90 Å². The molecule has 1 aliphatic rings. The van der Waals surface area contributed by atoms with E-state index in [1.807, 2.05) is 30.3 Å². The number of aryl methyl sites for hydroxylation is 1. The molecule has 1 amide bonds. The van der Waals surface area contributed by atoms with E-state index >= 15 is 0 Å². The van der Waals surface area contributed by atoms with Gasteiger partial charge in [0.2, 0.25) is 5.91 Å². The molecule has 1 N–H and O–H groups in total. The Bertz CT molecular complexity index is 704. The highest BCUT2D eigenvalue weighted by Crippen LogP contribution is 2.19. The van der Waals surface area contributed by atoms with Crippen molar-refractivity contribution in [3.8, 4) is 0 Å². The number of likely N-dealkylation sites (N-methyl/N-ethyl adjacent to an activating group) is 1. The molecule has 2 aromatic rings. The Balaban J connectivity index is 1.48. The van der Waals surface area contributed by atoms with Crippen LogP contribution in [0.4, 0.5) is 4.39 Å². The summed E-state index contributed by atoms with van der Waals surface area (Å²) in [7, 11) is 1.90. The van der Waals surface area contributed by atoms with E-state index in [4.69, 9.17) is 0 Å². The first-order chi connectivity index (χ1) is 12.6. The molecule has 1 aliphatic heterocycles. The van der Waals surface area contributed by atoms with Gasteiger partial charge in [0.25, 0.3) is 0 Å². The number of H-pyrrole nitrogens is 1. The first kappa shape index (κ1) is 18.6. The fraction of sp³-hybridized carbons (Fsp3) is 0.500. The number of likely N-dealkylation sites (tertiary alicyclic amines) is 1. The fourth-order valence-electron chi connectivity index (χ4n) is 3.60. The summed E-state index contributed by atoms with van der Waals surface area (Å²) in [6.45, 7) is 2.36. The number of hydrogen-bond donors (Lipinski definition) is 1. The van der Waals surface area contributed by atoms with E-state index < -0.39 is 0 Å². The first-order valence-corrected chi connectivity index (χ1v) is 9.32. The topological polar surface area (TPSA) is 52.2 Å². The molecule has 0 unspecified atom stereocenters. The van der Waals surface area contributed by atoms with Gasteiger partial charge in [-0.2, -0.15) is 5.10 Å². The molecule has 0 bridgehead atoms. The van der Waals surface area contributed by atoms with Crippen molar-refractivity contribution in [1.29, 1.82) is 0 Å². The lowest BCUT2D eigenvalue weighted by Gasteiger charge is -2.37. The van der Waals surface area contributed by atoms with Crippen LogP contribution in [0.1, 0.15) is 36.8 Å². The number of amides is 1. The van der Waals surface area contributed by atoms with Gasteiger partial charge in [0.05, 0.1) is 6.20 Å². The number of carbonyl (C=O) groups excluding carboxylic acids is 1. The molecule has 5 nitrogen and oxygen atoms in total. The van der Waals surface area contributed by atoms with Crippen LogP contribution in [0.25, 0.3) is 0 Å². The van der Waals surface area contributed by atoms with Crippen LogP contribution in [-0.4, -0.2) is 52.1 Å². The number of piperidine rings is 1. The van der Waals surface area contributed by atoms with Crippen molar-refractivity contribution in [2.75, 3.05) is 20.1 Å². The number of aromatic amines is 1. The molecule has 0 radical (unpaired) electrons. The van der Waals surface area contributed by atoms with Crippen LogP contribution >= 0.6 is 0 Å². The van der Waals surface area contributed by atoms with Crippen LogP contribution in [0.5, 0.6) is 0 Å². The smallest absolute Gasteiger partial charge is 0.222 e. The van der Waals surface area contributed by atoms with E-state index in [0.29, 0.717) is 13.0 Å². The second kappa shape index (κ2) is 8.94. The maximum Gasteiger partial charge on any atom is 0.222 e. The van der Waals surface area contributed by atoms with Gasteiger partial charge in [0.1, 0.15) is 5.82 Å². The van der Waals surface area contributed by atoms with E-state index in [-0.39, 0.29) is 17.8 Å². The largest absolute Gasteiger partial charge is 0.341 e. The average molecular weight is 358 g/mol. The first-order valence-electron chi connectivity index (χ1n) is 9.32. The van der Waals surface area contributed by atoms with Crippen LogP contribution in [0.3, 0.4) is 0 Å². The fourth-order valence-corrected chi connectivity index (χ4v) is 3.60. The van der Waals surface area contributed by atoms with Gasteiger partial charge in [-0.15, -0.1) is 0 Å². The van der Waals surface area contributed by atoms with Crippen LogP contribution in [0.15, 0.2) is 36.7 Å². The van der Waals surface area contributed by atoms with Crippen molar-refractivity contribution in [1.82, 2.24) is 20.0 Å². The zero-order chi connectivity index (χ0) is 18.4. The lowest BCUT2D eigenvalue weighted by atomic mass is 10.0. The highest BCUT2D eigenvalue weighted by molar-refractivity contribution is 5.76. The summed E-state index contributed by atoms with van der Waals surface area (Å²) in [6.07, 6.45) is 7.95. The molecule has 0 aliphatic carbocycles. The number of hydrogen-bond acceptors (Lipinski definition) is 3. The van der Waals surface area contributed by atoms with Gasteiger partial charge in [-0.05, 0) is 43.9 Å².